The van der Waals surface area contributed by atoms with E-state index in [1.54, 1.807) is 0 Å². The van der Waals surface area contributed by atoms with Crippen LogP contribution in [0.5, 0.6) is 0 Å². The molecule has 6 aromatic carbocycles. The van der Waals surface area contributed by atoms with Crippen LogP contribution in [0.3, 0.4) is 0 Å². The second-order valence-electron chi connectivity index (χ2n) is 12.3. The maximum absolute atomic E-state index is 6.78. The first-order chi connectivity index (χ1) is 23.8. The number of amidine groups is 1. The van der Waals surface area contributed by atoms with Gasteiger partial charge in [-0.2, -0.15) is 0 Å². The zero-order valence-corrected chi connectivity index (χ0v) is 26.5. The van der Waals surface area contributed by atoms with Crippen LogP contribution in [-0.2, 0) is 0 Å². The quantitative estimate of drug-likeness (QED) is 0.202. The van der Waals surface area contributed by atoms with Crippen molar-refractivity contribution in [1.82, 2.24) is 15.6 Å². The van der Waals surface area contributed by atoms with Gasteiger partial charge in [-0.15, -0.1) is 11.3 Å². The maximum atomic E-state index is 6.78. The summed E-state index contributed by atoms with van der Waals surface area (Å²) in [6.07, 6.45) is 3.28. The molecule has 1 aliphatic heterocycles. The molecule has 3 aromatic heterocycles. The van der Waals surface area contributed by atoms with E-state index in [1.807, 2.05) is 41.9 Å². The number of aliphatic imine (C=N–C) groups is 1. The van der Waals surface area contributed by atoms with Gasteiger partial charge in [-0.25, -0.2) is 4.99 Å². The number of aromatic nitrogens is 1. The largest absolute Gasteiger partial charge is 0.455 e. The number of nitrogens with one attached hydrogen (secondary N) is 2. The van der Waals surface area contributed by atoms with Gasteiger partial charge in [0.1, 0.15) is 29.3 Å². The van der Waals surface area contributed by atoms with E-state index in [0.717, 1.165) is 60.8 Å². The van der Waals surface area contributed by atoms with Gasteiger partial charge in [0.2, 0.25) is 0 Å². The molecule has 2 N–H and O–H groups in total. The number of fused-ring (bicyclic) bond motifs is 7. The summed E-state index contributed by atoms with van der Waals surface area (Å²) in [7, 11) is 0. The van der Waals surface area contributed by atoms with Crippen LogP contribution in [-0.4, -0.2) is 10.8 Å². The Morgan fingerprint density at radius 3 is 2.33 bits per heavy atom. The van der Waals surface area contributed by atoms with Crippen molar-refractivity contribution in [3.8, 4) is 11.1 Å². The van der Waals surface area contributed by atoms with Crippen molar-refractivity contribution < 1.29 is 4.42 Å². The monoisotopic (exact) mass is 636 g/mol. The van der Waals surface area contributed by atoms with Crippen LogP contribution < -0.4 is 10.6 Å². The molecule has 10 rings (SSSR count). The zero-order valence-electron chi connectivity index (χ0n) is 25.7. The summed E-state index contributed by atoms with van der Waals surface area (Å²) in [5, 5.41) is 14.5. The summed E-state index contributed by atoms with van der Waals surface area (Å²) in [6, 6.07) is 47.0. The Hall–Kier alpha value is -5.82. The number of benzene rings is 6. The van der Waals surface area contributed by atoms with Crippen LogP contribution >= 0.6 is 11.3 Å². The van der Waals surface area contributed by atoms with Crippen molar-refractivity contribution in [1.29, 1.82) is 0 Å². The molecular formula is C42H28N4OS. The van der Waals surface area contributed by atoms with Gasteiger partial charge in [-0.05, 0) is 64.5 Å². The lowest BCUT2D eigenvalue weighted by Gasteiger charge is -2.33. The lowest BCUT2D eigenvalue weighted by atomic mass is 9.96. The number of hydrogen-bond acceptors (Lipinski definition) is 6. The molecule has 48 heavy (non-hydrogen) atoms. The summed E-state index contributed by atoms with van der Waals surface area (Å²) in [6.45, 7) is 0. The normalized spacial score (nSPS) is 16.5. The van der Waals surface area contributed by atoms with Gasteiger partial charge in [0.25, 0.3) is 0 Å². The first-order valence-electron chi connectivity index (χ1n) is 16.1. The number of furan rings is 1. The molecule has 4 heterocycles. The zero-order chi connectivity index (χ0) is 31.6. The van der Waals surface area contributed by atoms with E-state index >= 15 is 0 Å². The third kappa shape index (κ3) is 4.34. The van der Waals surface area contributed by atoms with E-state index in [9.17, 15) is 0 Å². The molecule has 0 radical (unpaired) electrons. The highest BCUT2D eigenvalue weighted by Crippen LogP contribution is 2.42. The van der Waals surface area contributed by atoms with Crippen LogP contribution in [0.15, 0.2) is 155 Å². The standard InChI is InChI=1S/C42H28N4OS/c1-3-10-25(11-4-1)29-18-19-32(38-33-22-28-24-43-21-20-27(28)23-34(33)47-39(29)38)42-45-40(26-12-5-2-6-13-26)44-41(46-42)31-15-9-17-36-37(31)30-14-7-8-16-35(30)48-36/h1-24,40-41,44H,(H,45,46). The Morgan fingerprint density at radius 1 is 0.646 bits per heavy atom. The van der Waals surface area contributed by atoms with Crippen LogP contribution in [0.2, 0.25) is 0 Å². The Kier molecular flexibility index (Phi) is 6.19. The summed E-state index contributed by atoms with van der Waals surface area (Å²) in [4.78, 5) is 9.79. The third-order valence-electron chi connectivity index (χ3n) is 9.44. The summed E-state index contributed by atoms with van der Waals surface area (Å²) in [5.74, 6) is 0.822. The fourth-order valence-corrected chi connectivity index (χ4v) is 8.35. The topological polar surface area (TPSA) is 62.5 Å². The second kappa shape index (κ2) is 10.9. The lowest BCUT2D eigenvalue weighted by molar-refractivity contribution is 0.411. The van der Waals surface area contributed by atoms with E-state index in [1.165, 1.54) is 25.7 Å². The Bertz CT molecular complexity index is 2690. The van der Waals surface area contributed by atoms with Gasteiger partial charge in [-0.1, -0.05) is 91.0 Å². The van der Waals surface area contributed by atoms with Crippen molar-refractivity contribution in [2.45, 2.75) is 12.3 Å². The number of hydrogen-bond donors (Lipinski definition) is 2. The SMILES string of the molecule is c1ccc(-c2ccc(C3=NC(c4ccccc4)NC(c4cccc5sc6ccccc6c45)N3)c3c2oc2cc4ccncc4cc23)cc1. The molecule has 2 atom stereocenters. The fraction of sp³-hybridized carbons (Fsp3) is 0.0476. The van der Waals surface area contributed by atoms with E-state index < -0.39 is 0 Å². The van der Waals surface area contributed by atoms with Crippen molar-refractivity contribution >= 4 is 70.1 Å². The van der Waals surface area contributed by atoms with E-state index in [-0.39, 0.29) is 12.3 Å². The second-order valence-corrected chi connectivity index (χ2v) is 13.3. The Labute approximate surface area is 280 Å². The molecule has 6 heteroatoms. The highest BCUT2D eigenvalue weighted by Gasteiger charge is 2.29. The summed E-state index contributed by atoms with van der Waals surface area (Å²) >= 11 is 1.84. The Balaban J connectivity index is 1.22. The highest BCUT2D eigenvalue weighted by atomic mass is 32.1. The molecular weight excluding hydrogens is 609 g/mol. The van der Waals surface area contributed by atoms with E-state index in [0.29, 0.717) is 0 Å². The lowest BCUT2D eigenvalue weighted by Crippen LogP contribution is -2.45. The molecule has 1 aliphatic rings. The third-order valence-corrected chi connectivity index (χ3v) is 10.6. The molecule has 228 valence electrons. The molecule has 0 saturated carbocycles. The van der Waals surface area contributed by atoms with Gasteiger partial charge < -0.3 is 9.73 Å². The minimum Gasteiger partial charge on any atom is -0.455 e. The predicted molar refractivity (Wildman–Crippen MR) is 199 cm³/mol. The molecule has 0 bridgehead atoms. The van der Waals surface area contributed by atoms with Crippen LogP contribution in [0.1, 0.15) is 29.0 Å². The predicted octanol–water partition coefficient (Wildman–Crippen LogP) is 10.5. The van der Waals surface area contributed by atoms with Gasteiger partial charge in [0, 0.05) is 59.9 Å². The minimum atomic E-state index is -0.264. The fourth-order valence-electron chi connectivity index (χ4n) is 7.21. The maximum Gasteiger partial charge on any atom is 0.143 e. The minimum absolute atomic E-state index is 0.198. The van der Waals surface area contributed by atoms with Crippen molar-refractivity contribution in [2.24, 2.45) is 4.99 Å². The van der Waals surface area contributed by atoms with Crippen molar-refractivity contribution in [3.05, 3.63) is 163 Å². The number of nitrogens with zero attached hydrogens (tertiary/aromatic N) is 2. The molecule has 0 fully saturated rings. The van der Waals surface area contributed by atoms with Gasteiger partial charge in [-0.3, -0.25) is 10.3 Å². The van der Waals surface area contributed by atoms with Gasteiger partial charge in [0.15, 0.2) is 0 Å². The number of pyridine rings is 1. The molecule has 0 amide bonds. The number of rotatable bonds is 4. The average Bonchev–Trinajstić information content (AvgIpc) is 3.72. The van der Waals surface area contributed by atoms with Crippen molar-refractivity contribution in [3.63, 3.8) is 0 Å². The average molecular weight is 637 g/mol. The molecule has 0 saturated heterocycles. The van der Waals surface area contributed by atoms with Crippen LogP contribution in [0.25, 0.3) is 64.0 Å². The smallest absolute Gasteiger partial charge is 0.143 e. The number of thiophene rings is 1. The van der Waals surface area contributed by atoms with Crippen molar-refractivity contribution in [2.75, 3.05) is 0 Å². The molecule has 9 aromatic rings. The summed E-state index contributed by atoms with van der Waals surface area (Å²) < 4.78 is 9.34. The molecule has 5 nitrogen and oxygen atoms in total. The van der Waals surface area contributed by atoms with Gasteiger partial charge >= 0.3 is 0 Å². The van der Waals surface area contributed by atoms with Crippen LogP contribution in [0.4, 0.5) is 0 Å². The Morgan fingerprint density at radius 2 is 1.44 bits per heavy atom. The van der Waals surface area contributed by atoms with E-state index in [4.69, 9.17) is 9.41 Å². The van der Waals surface area contributed by atoms with Gasteiger partial charge in [0.05, 0.1) is 0 Å². The summed E-state index contributed by atoms with van der Waals surface area (Å²) in [5.41, 5.74) is 7.15. The van der Waals surface area contributed by atoms with Crippen LogP contribution in [0, 0.1) is 0 Å². The van der Waals surface area contributed by atoms with E-state index in [2.05, 4.69) is 131 Å². The first kappa shape index (κ1) is 27.3. The molecule has 0 spiro atoms. The first-order valence-corrected chi connectivity index (χ1v) is 16.9. The highest BCUT2D eigenvalue weighted by molar-refractivity contribution is 7.25. The molecule has 0 aliphatic carbocycles. The molecule has 2 unspecified atom stereocenters.